The van der Waals surface area contributed by atoms with E-state index in [2.05, 4.69) is 51.4 Å². The van der Waals surface area contributed by atoms with Crippen LogP contribution in [0.5, 0.6) is 0 Å². The zero-order valence-electron chi connectivity index (χ0n) is 9.31. The van der Waals surface area contributed by atoms with Crippen LogP contribution in [0.25, 0.3) is 10.9 Å². The van der Waals surface area contributed by atoms with Crippen molar-refractivity contribution in [1.29, 1.82) is 0 Å². The van der Waals surface area contributed by atoms with Crippen LogP contribution < -0.4 is 5.32 Å². The minimum absolute atomic E-state index is 0.627. The molecule has 2 heterocycles. The van der Waals surface area contributed by atoms with Crippen LogP contribution in [0, 0.1) is 6.92 Å². The van der Waals surface area contributed by atoms with Crippen LogP contribution in [0.3, 0.4) is 0 Å². The molecule has 3 heteroatoms. The van der Waals surface area contributed by atoms with Crippen molar-refractivity contribution < 1.29 is 0 Å². The monoisotopic (exact) mass is 278 g/mol. The van der Waals surface area contributed by atoms with Gasteiger partial charge in [-0.3, -0.25) is 0 Å². The van der Waals surface area contributed by atoms with Crippen molar-refractivity contribution in [2.75, 3.05) is 13.1 Å². The van der Waals surface area contributed by atoms with Gasteiger partial charge in [-0.1, -0.05) is 12.1 Å². The second kappa shape index (κ2) is 3.90. The Hall–Kier alpha value is -0.800. The first kappa shape index (κ1) is 10.4. The molecule has 1 fully saturated rings. The topological polar surface area (TPSA) is 27.8 Å². The molecule has 0 radical (unpaired) electrons. The van der Waals surface area contributed by atoms with Crippen LogP contribution in [0.15, 0.2) is 22.7 Å². The normalized spacial score (nSPS) is 20.8. The lowest BCUT2D eigenvalue weighted by Gasteiger charge is -2.05. The molecule has 84 valence electrons. The highest BCUT2D eigenvalue weighted by Crippen LogP contribution is 2.35. The van der Waals surface area contributed by atoms with Crippen LogP contribution in [0.1, 0.15) is 23.6 Å². The number of aromatic nitrogens is 1. The SMILES string of the molecule is Cc1ccc2c(Br)c(C3CCNC3)[nH]c2c1. The van der Waals surface area contributed by atoms with Crippen molar-refractivity contribution in [2.45, 2.75) is 19.3 Å². The van der Waals surface area contributed by atoms with Crippen LogP contribution >= 0.6 is 15.9 Å². The second-order valence-corrected chi connectivity index (χ2v) is 5.38. The van der Waals surface area contributed by atoms with Crippen molar-refractivity contribution >= 4 is 26.8 Å². The Kier molecular flexibility index (Phi) is 2.52. The highest BCUT2D eigenvalue weighted by atomic mass is 79.9. The van der Waals surface area contributed by atoms with Crippen molar-refractivity contribution in [3.63, 3.8) is 0 Å². The highest BCUT2D eigenvalue weighted by Gasteiger charge is 2.21. The van der Waals surface area contributed by atoms with E-state index in [1.807, 2.05) is 0 Å². The lowest BCUT2D eigenvalue weighted by atomic mass is 10.1. The maximum absolute atomic E-state index is 3.73. The quantitative estimate of drug-likeness (QED) is 0.823. The van der Waals surface area contributed by atoms with Gasteiger partial charge in [0.2, 0.25) is 0 Å². The van der Waals surface area contributed by atoms with Crippen LogP contribution in [-0.2, 0) is 0 Å². The molecule has 3 rings (SSSR count). The van der Waals surface area contributed by atoms with Crippen LogP contribution in [-0.4, -0.2) is 18.1 Å². The molecule has 0 amide bonds. The van der Waals surface area contributed by atoms with Gasteiger partial charge in [-0.25, -0.2) is 0 Å². The Morgan fingerprint density at radius 1 is 1.38 bits per heavy atom. The Morgan fingerprint density at radius 3 is 3.00 bits per heavy atom. The van der Waals surface area contributed by atoms with Gasteiger partial charge in [-0.2, -0.15) is 0 Å². The summed E-state index contributed by atoms with van der Waals surface area (Å²) < 4.78 is 1.25. The number of aryl methyl sites for hydroxylation is 1. The number of halogens is 1. The molecule has 0 bridgehead atoms. The van der Waals surface area contributed by atoms with Gasteiger partial charge in [-0.15, -0.1) is 0 Å². The fourth-order valence-electron chi connectivity index (χ4n) is 2.48. The molecule has 1 atom stereocenters. The van der Waals surface area contributed by atoms with Gasteiger partial charge in [0, 0.05) is 33.5 Å². The molecule has 0 aliphatic carbocycles. The first-order chi connectivity index (χ1) is 7.75. The van der Waals surface area contributed by atoms with Crippen molar-refractivity contribution in [2.24, 2.45) is 0 Å². The molecule has 1 aliphatic heterocycles. The highest BCUT2D eigenvalue weighted by molar-refractivity contribution is 9.10. The largest absolute Gasteiger partial charge is 0.357 e. The van der Waals surface area contributed by atoms with E-state index in [0.29, 0.717) is 5.92 Å². The van der Waals surface area contributed by atoms with E-state index in [1.165, 1.54) is 33.1 Å². The number of hydrogen-bond acceptors (Lipinski definition) is 1. The fourth-order valence-corrected chi connectivity index (χ4v) is 3.25. The van der Waals surface area contributed by atoms with Crippen LogP contribution in [0.2, 0.25) is 0 Å². The fraction of sp³-hybridized carbons (Fsp3) is 0.385. The lowest BCUT2D eigenvalue weighted by molar-refractivity contribution is 0.740. The maximum Gasteiger partial charge on any atom is 0.0470 e. The summed E-state index contributed by atoms with van der Waals surface area (Å²) in [7, 11) is 0. The Labute approximate surface area is 104 Å². The van der Waals surface area contributed by atoms with Gasteiger partial charge < -0.3 is 10.3 Å². The Morgan fingerprint density at radius 2 is 2.25 bits per heavy atom. The summed E-state index contributed by atoms with van der Waals surface area (Å²) in [5.41, 5.74) is 3.90. The number of hydrogen-bond donors (Lipinski definition) is 2. The van der Waals surface area contributed by atoms with E-state index in [4.69, 9.17) is 0 Å². The smallest absolute Gasteiger partial charge is 0.0470 e. The number of nitrogens with one attached hydrogen (secondary N) is 2. The zero-order chi connectivity index (χ0) is 11.1. The van der Waals surface area contributed by atoms with E-state index in [1.54, 1.807) is 0 Å². The summed E-state index contributed by atoms with van der Waals surface area (Å²) in [6.45, 7) is 4.35. The van der Waals surface area contributed by atoms with E-state index >= 15 is 0 Å². The molecule has 2 nitrogen and oxygen atoms in total. The Bertz CT molecular complexity index is 524. The third kappa shape index (κ3) is 1.59. The predicted octanol–water partition coefficient (Wildman–Crippen LogP) is 3.32. The average Bonchev–Trinajstić information content (AvgIpc) is 2.86. The molecular weight excluding hydrogens is 264 g/mol. The third-order valence-corrected chi connectivity index (χ3v) is 4.24. The van der Waals surface area contributed by atoms with Crippen molar-refractivity contribution in [1.82, 2.24) is 10.3 Å². The Balaban J connectivity index is 2.14. The van der Waals surface area contributed by atoms with E-state index < -0.39 is 0 Å². The van der Waals surface area contributed by atoms with Crippen molar-refractivity contribution in [3.05, 3.63) is 33.9 Å². The van der Waals surface area contributed by atoms with Crippen molar-refractivity contribution in [3.8, 4) is 0 Å². The van der Waals surface area contributed by atoms with E-state index in [0.717, 1.165) is 13.1 Å². The van der Waals surface area contributed by atoms with Gasteiger partial charge in [0.15, 0.2) is 0 Å². The van der Waals surface area contributed by atoms with Gasteiger partial charge >= 0.3 is 0 Å². The van der Waals surface area contributed by atoms with Crippen LogP contribution in [0.4, 0.5) is 0 Å². The molecule has 0 saturated carbocycles. The summed E-state index contributed by atoms with van der Waals surface area (Å²) in [6.07, 6.45) is 1.23. The number of fused-ring (bicyclic) bond motifs is 1. The summed E-state index contributed by atoms with van der Waals surface area (Å²) in [6, 6.07) is 6.57. The number of benzene rings is 1. The molecular formula is C13H15BrN2. The lowest BCUT2D eigenvalue weighted by Crippen LogP contribution is -2.08. The molecule has 16 heavy (non-hydrogen) atoms. The van der Waals surface area contributed by atoms with Gasteiger partial charge in [-0.05, 0) is 47.4 Å². The minimum atomic E-state index is 0.627. The first-order valence-electron chi connectivity index (χ1n) is 5.74. The average molecular weight is 279 g/mol. The summed E-state index contributed by atoms with van der Waals surface area (Å²) in [5.74, 6) is 0.627. The van der Waals surface area contributed by atoms with E-state index in [9.17, 15) is 0 Å². The first-order valence-corrected chi connectivity index (χ1v) is 6.53. The standard InChI is InChI=1S/C13H15BrN2/c1-8-2-3-10-11(6-8)16-13(12(10)14)9-4-5-15-7-9/h2-3,6,9,15-16H,4-5,7H2,1H3. The summed E-state index contributed by atoms with van der Waals surface area (Å²) in [5, 5.41) is 4.71. The molecule has 0 spiro atoms. The molecule has 1 saturated heterocycles. The van der Waals surface area contributed by atoms with Gasteiger partial charge in [0.05, 0.1) is 0 Å². The summed E-state index contributed by atoms with van der Waals surface area (Å²) in [4.78, 5) is 3.56. The zero-order valence-corrected chi connectivity index (χ0v) is 10.9. The second-order valence-electron chi connectivity index (χ2n) is 4.59. The summed E-state index contributed by atoms with van der Waals surface area (Å²) >= 11 is 3.73. The van der Waals surface area contributed by atoms with Gasteiger partial charge in [0.1, 0.15) is 0 Å². The maximum atomic E-state index is 3.73. The minimum Gasteiger partial charge on any atom is -0.357 e. The molecule has 1 aliphatic rings. The third-order valence-electron chi connectivity index (χ3n) is 3.39. The van der Waals surface area contributed by atoms with Gasteiger partial charge in [0.25, 0.3) is 0 Å². The molecule has 1 aromatic heterocycles. The van der Waals surface area contributed by atoms with E-state index in [-0.39, 0.29) is 0 Å². The predicted molar refractivity (Wildman–Crippen MR) is 71.0 cm³/mol. The number of rotatable bonds is 1. The number of aromatic amines is 1. The number of H-pyrrole nitrogens is 1. The molecule has 1 unspecified atom stereocenters. The molecule has 1 aromatic carbocycles. The molecule has 2 N–H and O–H groups in total. The molecule has 2 aromatic rings.